The molecule has 0 unspecified atom stereocenters. The number of hydrogen-bond acceptors (Lipinski definition) is 5. The SMILES string of the molecule is Cc1oc(-c2ccccc2)nc1COC(=O)c1cnn(C)c1. The lowest BCUT2D eigenvalue weighted by molar-refractivity contribution is 0.0467. The molecule has 0 aliphatic heterocycles. The van der Waals surface area contributed by atoms with Gasteiger partial charge in [0.1, 0.15) is 18.1 Å². The van der Waals surface area contributed by atoms with E-state index < -0.39 is 5.97 Å². The zero-order valence-electron chi connectivity index (χ0n) is 12.3. The van der Waals surface area contributed by atoms with Gasteiger partial charge in [0.2, 0.25) is 5.89 Å². The average Bonchev–Trinajstić information content (AvgIpc) is 3.12. The van der Waals surface area contributed by atoms with Crippen molar-refractivity contribution in [3.8, 4) is 11.5 Å². The molecule has 6 nitrogen and oxygen atoms in total. The molecule has 0 amide bonds. The van der Waals surface area contributed by atoms with Crippen molar-refractivity contribution in [2.75, 3.05) is 0 Å². The van der Waals surface area contributed by atoms with Crippen LogP contribution in [0.3, 0.4) is 0 Å². The normalized spacial score (nSPS) is 10.6. The van der Waals surface area contributed by atoms with Gasteiger partial charge in [-0.25, -0.2) is 9.78 Å². The third kappa shape index (κ3) is 2.90. The molecule has 0 bridgehead atoms. The Kier molecular flexibility index (Phi) is 3.74. The molecule has 6 heteroatoms. The number of esters is 1. The van der Waals surface area contributed by atoms with E-state index in [1.807, 2.05) is 30.3 Å². The molecule has 1 aromatic carbocycles. The molecule has 0 N–H and O–H groups in total. The molecule has 112 valence electrons. The second-order valence-corrected chi connectivity index (χ2v) is 4.87. The molecule has 0 saturated heterocycles. The number of rotatable bonds is 4. The highest BCUT2D eigenvalue weighted by Crippen LogP contribution is 2.21. The molecular weight excluding hydrogens is 282 g/mol. The summed E-state index contributed by atoms with van der Waals surface area (Å²) in [4.78, 5) is 16.3. The molecule has 0 radical (unpaired) electrons. The van der Waals surface area contributed by atoms with Crippen molar-refractivity contribution >= 4 is 5.97 Å². The maximum atomic E-state index is 11.9. The quantitative estimate of drug-likeness (QED) is 0.692. The van der Waals surface area contributed by atoms with Gasteiger partial charge in [0, 0.05) is 18.8 Å². The fourth-order valence-corrected chi connectivity index (χ4v) is 2.01. The van der Waals surface area contributed by atoms with Crippen LogP contribution in [0.15, 0.2) is 47.1 Å². The smallest absolute Gasteiger partial charge is 0.341 e. The Labute approximate surface area is 127 Å². The molecule has 0 saturated carbocycles. The first-order valence-electron chi connectivity index (χ1n) is 6.81. The Morgan fingerprint density at radius 3 is 2.77 bits per heavy atom. The van der Waals surface area contributed by atoms with Crippen LogP contribution in [-0.2, 0) is 18.4 Å². The molecule has 3 rings (SSSR count). The Balaban J connectivity index is 1.71. The number of carbonyl (C=O) groups is 1. The van der Waals surface area contributed by atoms with Gasteiger partial charge in [-0.2, -0.15) is 5.10 Å². The van der Waals surface area contributed by atoms with E-state index >= 15 is 0 Å². The molecule has 2 aromatic heterocycles. The first-order valence-corrected chi connectivity index (χ1v) is 6.81. The number of aryl methyl sites for hydroxylation is 2. The number of aromatic nitrogens is 3. The summed E-state index contributed by atoms with van der Waals surface area (Å²) < 4.78 is 12.4. The summed E-state index contributed by atoms with van der Waals surface area (Å²) in [6.07, 6.45) is 3.07. The Bertz CT molecular complexity index is 790. The largest absolute Gasteiger partial charge is 0.455 e. The molecule has 0 aliphatic carbocycles. The molecule has 0 aliphatic rings. The zero-order chi connectivity index (χ0) is 15.5. The molecule has 3 aromatic rings. The maximum absolute atomic E-state index is 11.9. The minimum atomic E-state index is -0.434. The van der Waals surface area contributed by atoms with E-state index in [9.17, 15) is 4.79 Å². The van der Waals surface area contributed by atoms with Crippen LogP contribution >= 0.6 is 0 Å². The van der Waals surface area contributed by atoms with Crippen molar-refractivity contribution < 1.29 is 13.9 Å². The average molecular weight is 297 g/mol. The van der Waals surface area contributed by atoms with Crippen LogP contribution in [0.2, 0.25) is 0 Å². The molecule has 0 atom stereocenters. The first kappa shape index (κ1) is 14.1. The van der Waals surface area contributed by atoms with Crippen LogP contribution in [0, 0.1) is 6.92 Å². The number of nitrogens with zero attached hydrogens (tertiary/aromatic N) is 3. The van der Waals surface area contributed by atoms with Gasteiger partial charge in [-0.15, -0.1) is 0 Å². The van der Waals surface area contributed by atoms with Crippen LogP contribution in [0.5, 0.6) is 0 Å². The number of benzene rings is 1. The lowest BCUT2D eigenvalue weighted by Crippen LogP contribution is -2.05. The second-order valence-electron chi connectivity index (χ2n) is 4.87. The van der Waals surface area contributed by atoms with Crippen molar-refractivity contribution in [2.24, 2.45) is 7.05 Å². The zero-order valence-corrected chi connectivity index (χ0v) is 12.3. The lowest BCUT2D eigenvalue weighted by atomic mass is 10.2. The fraction of sp³-hybridized carbons (Fsp3) is 0.188. The van der Waals surface area contributed by atoms with Crippen LogP contribution in [0.25, 0.3) is 11.5 Å². The fourth-order valence-electron chi connectivity index (χ4n) is 2.01. The molecule has 0 fully saturated rings. The predicted octanol–water partition coefficient (Wildman–Crippen LogP) is 2.74. The third-order valence-corrected chi connectivity index (χ3v) is 3.19. The van der Waals surface area contributed by atoms with Crippen molar-refractivity contribution in [3.05, 3.63) is 59.7 Å². The van der Waals surface area contributed by atoms with E-state index in [4.69, 9.17) is 9.15 Å². The summed E-state index contributed by atoms with van der Waals surface area (Å²) in [5, 5.41) is 3.94. The van der Waals surface area contributed by atoms with Gasteiger partial charge in [0.25, 0.3) is 0 Å². The Hall–Kier alpha value is -2.89. The summed E-state index contributed by atoms with van der Waals surface area (Å²) in [6, 6.07) is 9.58. The summed E-state index contributed by atoms with van der Waals surface area (Å²) in [5.41, 5.74) is 1.90. The van der Waals surface area contributed by atoms with E-state index in [1.54, 1.807) is 24.9 Å². The van der Waals surface area contributed by atoms with Gasteiger partial charge < -0.3 is 9.15 Å². The van der Waals surface area contributed by atoms with Crippen LogP contribution in [0.1, 0.15) is 21.8 Å². The van der Waals surface area contributed by atoms with Crippen molar-refractivity contribution in [1.82, 2.24) is 14.8 Å². The van der Waals surface area contributed by atoms with E-state index in [-0.39, 0.29) is 6.61 Å². The van der Waals surface area contributed by atoms with Crippen LogP contribution in [0.4, 0.5) is 0 Å². The van der Waals surface area contributed by atoms with E-state index in [0.717, 1.165) is 5.56 Å². The van der Waals surface area contributed by atoms with Gasteiger partial charge in [0.05, 0.1) is 11.8 Å². The summed E-state index contributed by atoms with van der Waals surface area (Å²) in [5.74, 6) is 0.722. The number of ether oxygens (including phenoxy) is 1. The predicted molar refractivity (Wildman–Crippen MR) is 79.0 cm³/mol. The highest BCUT2D eigenvalue weighted by molar-refractivity contribution is 5.88. The van der Waals surface area contributed by atoms with Crippen molar-refractivity contribution in [1.29, 1.82) is 0 Å². The van der Waals surface area contributed by atoms with Crippen LogP contribution < -0.4 is 0 Å². The van der Waals surface area contributed by atoms with E-state index in [1.165, 1.54) is 6.20 Å². The third-order valence-electron chi connectivity index (χ3n) is 3.19. The van der Waals surface area contributed by atoms with Crippen molar-refractivity contribution in [2.45, 2.75) is 13.5 Å². The second kappa shape index (κ2) is 5.85. The highest BCUT2D eigenvalue weighted by Gasteiger charge is 2.15. The van der Waals surface area contributed by atoms with E-state index in [2.05, 4.69) is 10.1 Å². The number of oxazole rings is 1. The molecule has 22 heavy (non-hydrogen) atoms. The van der Waals surface area contributed by atoms with Gasteiger partial charge in [-0.3, -0.25) is 4.68 Å². The number of hydrogen-bond donors (Lipinski definition) is 0. The van der Waals surface area contributed by atoms with Gasteiger partial charge in [0.15, 0.2) is 0 Å². The van der Waals surface area contributed by atoms with Gasteiger partial charge in [-0.05, 0) is 19.1 Å². The minimum Gasteiger partial charge on any atom is -0.455 e. The highest BCUT2D eigenvalue weighted by atomic mass is 16.5. The summed E-state index contributed by atoms with van der Waals surface area (Å²) in [7, 11) is 1.74. The van der Waals surface area contributed by atoms with E-state index in [0.29, 0.717) is 22.9 Å². The molecule has 2 heterocycles. The maximum Gasteiger partial charge on any atom is 0.341 e. The molecular formula is C16H15N3O3. The first-order chi connectivity index (χ1) is 10.6. The minimum absolute atomic E-state index is 0.0654. The monoisotopic (exact) mass is 297 g/mol. The van der Waals surface area contributed by atoms with Gasteiger partial charge in [-0.1, -0.05) is 18.2 Å². The van der Waals surface area contributed by atoms with Gasteiger partial charge >= 0.3 is 5.97 Å². The van der Waals surface area contributed by atoms with Crippen LogP contribution in [-0.4, -0.2) is 20.7 Å². The Morgan fingerprint density at radius 2 is 2.09 bits per heavy atom. The molecule has 0 spiro atoms. The Morgan fingerprint density at radius 1 is 1.32 bits per heavy atom. The topological polar surface area (TPSA) is 70.2 Å². The summed E-state index contributed by atoms with van der Waals surface area (Å²) >= 11 is 0. The summed E-state index contributed by atoms with van der Waals surface area (Å²) in [6.45, 7) is 1.86. The standard InChI is InChI=1S/C16H15N3O3/c1-11-14(10-21-16(20)13-8-17-19(2)9-13)18-15(22-11)12-6-4-3-5-7-12/h3-9H,10H2,1-2H3. The number of carbonyl (C=O) groups excluding carboxylic acids is 1. The van der Waals surface area contributed by atoms with Crippen molar-refractivity contribution in [3.63, 3.8) is 0 Å². The lowest BCUT2D eigenvalue weighted by Gasteiger charge is -2.00.